The molecule has 4 rings (SSSR count). The first kappa shape index (κ1) is 20.9. The van der Waals surface area contributed by atoms with Gasteiger partial charge in [-0.2, -0.15) is 9.97 Å². The van der Waals surface area contributed by atoms with E-state index in [4.69, 9.17) is 15.5 Å². The Morgan fingerprint density at radius 2 is 1.77 bits per heavy atom. The minimum Gasteiger partial charge on any atom is -0.404 e. The predicted molar refractivity (Wildman–Crippen MR) is 113 cm³/mol. The van der Waals surface area contributed by atoms with Gasteiger partial charge in [0.05, 0.1) is 11.9 Å². The molecular weight excluding hydrogens is 441 g/mol. The van der Waals surface area contributed by atoms with E-state index in [1.54, 1.807) is 18.3 Å². The van der Waals surface area contributed by atoms with Gasteiger partial charge in [-0.25, -0.2) is 14.2 Å². The molecule has 158 valence electrons. The number of anilines is 1. The summed E-state index contributed by atoms with van der Waals surface area (Å²) in [5.41, 5.74) is 7.96. The van der Waals surface area contributed by atoms with Crippen LogP contribution in [0.15, 0.2) is 66.0 Å². The minimum atomic E-state index is -4.62. The lowest BCUT2D eigenvalue weighted by Gasteiger charge is -2.07. The lowest BCUT2D eigenvalue weighted by molar-refractivity contribution is 0.283. The standard InChI is InChI=1S/C18H16N7O4PS/c19-17-20-16(21-18(22-17)31-11-12-4-2-1-3-5-12)15-10-25(24-23-15)13-6-8-14(9-7-13)29-30(26,27)28/h1-10H,11H2,(H2,26,27,28)(H2,19,20,21,22). The smallest absolute Gasteiger partial charge is 0.404 e. The van der Waals surface area contributed by atoms with Crippen LogP contribution in [0.2, 0.25) is 0 Å². The second-order valence-corrected chi connectivity index (χ2v) is 8.30. The fourth-order valence-electron chi connectivity index (χ4n) is 2.56. The Balaban J connectivity index is 1.52. The molecule has 2 aromatic heterocycles. The molecular formula is C18H16N7O4PS. The van der Waals surface area contributed by atoms with Gasteiger partial charge in [0.1, 0.15) is 5.75 Å². The zero-order chi connectivity index (χ0) is 21.8. The SMILES string of the molecule is Nc1nc(SCc2ccccc2)nc(-c2cn(-c3ccc(OP(=O)(O)O)cc3)nn2)n1. The summed E-state index contributed by atoms with van der Waals surface area (Å²) < 4.78 is 16.9. The topological polar surface area (TPSA) is 162 Å². The monoisotopic (exact) mass is 457 g/mol. The normalized spacial score (nSPS) is 11.4. The van der Waals surface area contributed by atoms with E-state index in [1.165, 1.54) is 28.6 Å². The zero-order valence-electron chi connectivity index (χ0n) is 15.8. The van der Waals surface area contributed by atoms with E-state index in [-0.39, 0.29) is 17.5 Å². The third kappa shape index (κ3) is 5.64. The van der Waals surface area contributed by atoms with Crippen LogP contribution in [0.5, 0.6) is 5.75 Å². The van der Waals surface area contributed by atoms with Crippen molar-refractivity contribution in [3.63, 3.8) is 0 Å². The predicted octanol–water partition coefficient (Wildman–Crippen LogP) is 2.47. The molecule has 0 radical (unpaired) electrons. The third-order valence-corrected chi connectivity index (χ3v) is 5.26. The Labute approximate surface area is 180 Å². The Kier molecular flexibility index (Phi) is 5.96. The van der Waals surface area contributed by atoms with Crippen LogP contribution >= 0.6 is 19.6 Å². The first-order chi connectivity index (χ1) is 14.9. The molecule has 2 aromatic carbocycles. The first-order valence-electron chi connectivity index (χ1n) is 8.82. The molecule has 13 heteroatoms. The summed E-state index contributed by atoms with van der Waals surface area (Å²) in [6, 6.07) is 15.9. The van der Waals surface area contributed by atoms with Gasteiger partial charge in [-0.15, -0.1) is 5.10 Å². The number of nitrogens with zero attached hydrogens (tertiary/aromatic N) is 6. The van der Waals surface area contributed by atoms with Crippen molar-refractivity contribution in [2.45, 2.75) is 10.9 Å². The van der Waals surface area contributed by atoms with Crippen molar-refractivity contribution in [1.29, 1.82) is 0 Å². The highest BCUT2D eigenvalue weighted by Gasteiger charge is 2.16. The molecule has 31 heavy (non-hydrogen) atoms. The summed E-state index contributed by atoms with van der Waals surface area (Å²) in [7, 11) is -4.62. The molecule has 4 aromatic rings. The van der Waals surface area contributed by atoms with Crippen molar-refractivity contribution in [2.75, 3.05) is 5.73 Å². The van der Waals surface area contributed by atoms with Crippen LogP contribution in [0.25, 0.3) is 17.2 Å². The molecule has 0 unspecified atom stereocenters. The largest absolute Gasteiger partial charge is 0.524 e. The number of hydrogen-bond donors (Lipinski definition) is 3. The maximum absolute atomic E-state index is 10.9. The highest BCUT2D eigenvalue weighted by Crippen LogP contribution is 2.37. The van der Waals surface area contributed by atoms with Gasteiger partial charge in [0.15, 0.2) is 16.7 Å². The molecule has 11 nitrogen and oxygen atoms in total. The van der Waals surface area contributed by atoms with Crippen LogP contribution in [0.4, 0.5) is 5.95 Å². The highest BCUT2D eigenvalue weighted by molar-refractivity contribution is 7.98. The highest BCUT2D eigenvalue weighted by atomic mass is 32.2. The number of nitrogens with two attached hydrogens (primary N) is 1. The molecule has 0 bridgehead atoms. The quantitative estimate of drug-likeness (QED) is 0.276. The van der Waals surface area contributed by atoms with E-state index in [0.29, 0.717) is 22.3 Å². The van der Waals surface area contributed by atoms with Gasteiger partial charge in [0.25, 0.3) is 0 Å². The molecule has 0 amide bonds. The second-order valence-electron chi connectivity index (χ2n) is 6.20. The van der Waals surface area contributed by atoms with Gasteiger partial charge in [-0.05, 0) is 29.8 Å². The molecule has 0 aliphatic carbocycles. The molecule has 0 spiro atoms. The number of rotatable bonds is 7. The summed E-state index contributed by atoms with van der Waals surface area (Å²) in [6.45, 7) is 0. The lowest BCUT2D eigenvalue weighted by atomic mass is 10.2. The van der Waals surface area contributed by atoms with E-state index < -0.39 is 7.82 Å². The van der Waals surface area contributed by atoms with Gasteiger partial charge < -0.3 is 10.3 Å². The van der Waals surface area contributed by atoms with Crippen molar-refractivity contribution in [3.05, 3.63) is 66.4 Å². The Hall–Kier alpha value is -3.31. The first-order valence-corrected chi connectivity index (χ1v) is 11.3. The van der Waals surface area contributed by atoms with Crippen molar-refractivity contribution < 1.29 is 18.9 Å². The molecule has 0 atom stereocenters. The molecule has 2 heterocycles. The number of nitrogen functional groups attached to an aromatic ring is 1. The van der Waals surface area contributed by atoms with Gasteiger partial charge in [-0.3, -0.25) is 9.79 Å². The zero-order valence-corrected chi connectivity index (χ0v) is 17.5. The van der Waals surface area contributed by atoms with Crippen LogP contribution in [0.1, 0.15) is 5.56 Å². The van der Waals surface area contributed by atoms with E-state index in [0.717, 1.165) is 5.56 Å². The molecule has 0 aliphatic heterocycles. The Morgan fingerprint density at radius 3 is 2.48 bits per heavy atom. The van der Waals surface area contributed by atoms with Gasteiger partial charge in [0.2, 0.25) is 5.95 Å². The Bertz CT molecular complexity index is 1230. The fourth-order valence-corrected chi connectivity index (χ4v) is 3.76. The number of benzene rings is 2. The van der Waals surface area contributed by atoms with Crippen LogP contribution in [0, 0.1) is 0 Å². The second kappa shape index (κ2) is 8.82. The van der Waals surface area contributed by atoms with Crippen LogP contribution in [-0.2, 0) is 10.3 Å². The molecule has 0 saturated heterocycles. The summed E-state index contributed by atoms with van der Waals surface area (Å²) in [6.07, 6.45) is 1.61. The van der Waals surface area contributed by atoms with Crippen LogP contribution in [0.3, 0.4) is 0 Å². The van der Waals surface area contributed by atoms with Gasteiger partial charge in [0, 0.05) is 5.75 Å². The molecule has 0 aliphatic rings. The molecule has 0 fully saturated rings. The van der Waals surface area contributed by atoms with Crippen LogP contribution in [-0.4, -0.2) is 39.7 Å². The lowest BCUT2D eigenvalue weighted by Crippen LogP contribution is -2.02. The van der Waals surface area contributed by atoms with E-state index >= 15 is 0 Å². The maximum atomic E-state index is 10.9. The fraction of sp³-hybridized carbons (Fsp3) is 0.0556. The number of phosphoric ester groups is 1. The average Bonchev–Trinajstić information content (AvgIpc) is 3.22. The summed E-state index contributed by atoms with van der Waals surface area (Å²) in [5.74, 6) is 1.08. The van der Waals surface area contributed by atoms with Crippen LogP contribution < -0.4 is 10.3 Å². The van der Waals surface area contributed by atoms with E-state index in [9.17, 15) is 4.57 Å². The van der Waals surface area contributed by atoms with Crippen molar-refractivity contribution in [1.82, 2.24) is 29.9 Å². The summed E-state index contributed by atoms with van der Waals surface area (Å²) >= 11 is 1.43. The molecule has 0 saturated carbocycles. The number of thioether (sulfide) groups is 1. The third-order valence-electron chi connectivity index (χ3n) is 3.89. The van der Waals surface area contributed by atoms with Gasteiger partial charge >= 0.3 is 7.82 Å². The minimum absolute atomic E-state index is 0.0303. The van der Waals surface area contributed by atoms with Gasteiger partial charge in [-0.1, -0.05) is 47.3 Å². The average molecular weight is 457 g/mol. The van der Waals surface area contributed by atoms with Crippen molar-refractivity contribution in [3.8, 4) is 23.0 Å². The van der Waals surface area contributed by atoms with E-state index in [1.807, 2.05) is 30.3 Å². The number of phosphoric acid groups is 1. The summed E-state index contributed by atoms with van der Waals surface area (Å²) in [4.78, 5) is 30.5. The summed E-state index contributed by atoms with van der Waals surface area (Å²) in [5, 5.41) is 8.60. The van der Waals surface area contributed by atoms with Crippen molar-refractivity contribution in [2.24, 2.45) is 0 Å². The Morgan fingerprint density at radius 1 is 1.03 bits per heavy atom. The number of hydrogen-bond acceptors (Lipinski definition) is 9. The maximum Gasteiger partial charge on any atom is 0.524 e. The number of aromatic nitrogens is 6. The molecule has 4 N–H and O–H groups in total. The van der Waals surface area contributed by atoms with E-state index in [2.05, 4.69) is 29.8 Å². The van der Waals surface area contributed by atoms with Crippen molar-refractivity contribution >= 4 is 25.5 Å².